The Morgan fingerprint density at radius 2 is 2.11 bits per heavy atom. The van der Waals surface area contributed by atoms with E-state index in [2.05, 4.69) is 37.2 Å². The number of nitrogens with one attached hydrogen (secondary N) is 1. The van der Waals surface area contributed by atoms with Crippen LogP contribution in [0.4, 0.5) is 0 Å². The highest BCUT2D eigenvalue weighted by atomic mass is 79.9. The van der Waals surface area contributed by atoms with Crippen LogP contribution in [0.1, 0.15) is 29.1 Å². The van der Waals surface area contributed by atoms with Gasteiger partial charge in [-0.1, -0.05) is 15.9 Å². The van der Waals surface area contributed by atoms with Crippen LogP contribution in [-0.4, -0.2) is 5.91 Å². The molecule has 3 nitrogen and oxygen atoms in total. The Hall–Kier alpha value is -1.07. The predicted octanol–water partition coefficient (Wildman–Crippen LogP) is 4.30. The van der Waals surface area contributed by atoms with Gasteiger partial charge in [0.25, 0.3) is 5.91 Å². The molecule has 0 aliphatic heterocycles. The zero-order valence-electron chi connectivity index (χ0n) is 9.61. The van der Waals surface area contributed by atoms with Crippen molar-refractivity contribution >= 4 is 37.8 Å². The van der Waals surface area contributed by atoms with Crippen LogP contribution >= 0.6 is 31.9 Å². The van der Waals surface area contributed by atoms with E-state index in [1.807, 2.05) is 25.1 Å². The molecular weight excluding hydrogens is 362 g/mol. The first-order valence-electron chi connectivity index (χ1n) is 5.37. The number of benzene rings is 1. The van der Waals surface area contributed by atoms with Crippen molar-refractivity contribution in [3.63, 3.8) is 0 Å². The van der Waals surface area contributed by atoms with Gasteiger partial charge >= 0.3 is 0 Å². The van der Waals surface area contributed by atoms with Crippen LogP contribution in [-0.2, 0) is 0 Å². The Balaban J connectivity index is 2.15. The number of halogens is 2. The molecule has 1 amide bonds. The minimum absolute atomic E-state index is 0.146. The Morgan fingerprint density at radius 3 is 2.78 bits per heavy atom. The lowest BCUT2D eigenvalue weighted by atomic mass is 10.2. The fourth-order valence-corrected chi connectivity index (χ4v) is 2.34. The molecule has 1 aromatic carbocycles. The summed E-state index contributed by atoms with van der Waals surface area (Å²) in [5.41, 5.74) is 0.586. The Morgan fingerprint density at radius 1 is 1.33 bits per heavy atom. The molecule has 0 fully saturated rings. The summed E-state index contributed by atoms with van der Waals surface area (Å²) >= 11 is 6.71. The van der Waals surface area contributed by atoms with Crippen LogP contribution < -0.4 is 5.32 Å². The lowest BCUT2D eigenvalue weighted by molar-refractivity contribution is 0.0934. The highest BCUT2D eigenvalue weighted by Crippen LogP contribution is 2.22. The highest BCUT2D eigenvalue weighted by Gasteiger charge is 2.15. The maximum absolute atomic E-state index is 12.1. The van der Waals surface area contributed by atoms with Crippen LogP contribution in [0.5, 0.6) is 0 Å². The predicted molar refractivity (Wildman–Crippen MR) is 76.4 cm³/mol. The minimum Gasteiger partial charge on any atom is -0.467 e. The largest absolute Gasteiger partial charge is 0.467 e. The summed E-state index contributed by atoms with van der Waals surface area (Å²) in [7, 11) is 0. The van der Waals surface area contributed by atoms with Crippen molar-refractivity contribution in [2.24, 2.45) is 0 Å². The van der Waals surface area contributed by atoms with E-state index in [1.165, 1.54) is 0 Å². The van der Waals surface area contributed by atoms with Gasteiger partial charge in [-0.05, 0) is 53.2 Å². The summed E-state index contributed by atoms with van der Waals surface area (Å²) in [5.74, 6) is 0.585. The molecule has 0 aliphatic rings. The molecule has 18 heavy (non-hydrogen) atoms. The monoisotopic (exact) mass is 371 g/mol. The fraction of sp³-hybridized carbons (Fsp3) is 0.154. The lowest BCUT2D eigenvalue weighted by Crippen LogP contribution is -2.26. The molecule has 1 N–H and O–H groups in total. The van der Waals surface area contributed by atoms with Crippen molar-refractivity contribution in [1.82, 2.24) is 5.32 Å². The van der Waals surface area contributed by atoms with E-state index < -0.39 is 0 Å². The van der Waals surface area contributed by atoms with Gasteiger partial charge in [0.2, 0.25) is 0 Å². The zero-order chi connectivity index (χ0) is 13.1. The SMILES string of the molecule is CC(NC(=O)c1cc(Br)ccc1Br)c1ccco1. The molecule has 0 bridgehead atoms. The Kier molecular flexibility index (Phi) is 4.24. The molecule has 0 saturated carbocycles. The van der Waals surface area contributed by atoms with Gasteiger partial charge in [0.1, 0.15) is 5.76 Å². The van der Waals surface area contributed by atoms with Gasteiger partial charge < -0.3 is 9.73 Å². The molecule has 5 heteroatoms. The second-order valence-corrected chi connectivity index (χ2v) is 5.60. The number of amides is 1. The van der Waals surface area contributed by atoms with Crippen molar-refractivity contribution < 1.29 is 9.21 Å². The van der Waals surface area contributed by atoms with Crippen molar-refractivity contribution in [2.75, 3.05) is 0 Å². The molecule has 1 aromatic heterocycles. The first-order chi connectivity index (χ1) is 8.58. The normalized spacial score (nSPS) is 12.2. The number of hydrogen-bond acceptors (Lipinski definition) is 2. The zero-order valence-corrected chi connectivity index (χ0v) is 12.8. The van der Waals surface area contributed by atoms with E-state index in [0.717, 1.165) is 14.7 Å². The molecule has 0 aliphatic carbocycles. The van der Waals surface area contributed by atoms with Crippen molar-refractivity contribution in [2.45, 2.75) is 13.0 Å². The standard InChI is InChI=1S/C13H11Br2NO2/c1-8(12-3-2-6-18-12)16-13(17)10-7-9(14)4-5-11(10)15/h2-8H,1H3,(H,16,17). The smallest absolute Gasteiger partial charge is 0.253 e. The van der Waals surface area contributed by atoms with E-state index in [1.54, 1.807) is 18.4 Å². The van der Waals surface area contributed by atoms with Gasteiger partial charge in [-0.2, -0.15) is 0 Å². The molecule has 1 atom stereocenters. The fourth-order valence-electron chi connectivity index (χ4n) is 1.55. The number of carbonyl (C=O) groups excluding carboxylic acids is 1. The van der Waals surface area contributed by atoms with Crippen LogP contribution in [0.3, 0.4) is 0 Å². The Bertz CT molecular complexity index is 552. The number of carbonyl (C=O) groups is 1. The topological polar surface area (TPSA) is 42.2 Å². The third-order valence-corrected chi connectivity index (χ3v) is 3.68. The molecule has 1 unspecified atom stereocenters. The maximum atomic E-state index is 12.1. The molecule has 94 valence electrons. The second-order valence-electron chi connectivity index (χ2n) is 3.83. The summed E-state index contributed by atoms with van der Waals surface area (Å²) in [4.78, 5) is 12.1. The molecule has 0 spiro atoms. The van der Waals surface area contributed by atoms with Gasteiger partial charge in [0.15, 0.2) is 0 Å². The van der Waals surface area contributed by atoms with E-state index in [-0.39, 0.29) is 11.9 Å². The van der Waals surface area contributed by atoms with Gasteiger partial charge in [-0.15, -0.1) is 0 Å². The average molecular weight is 373 g/mol. The average Bonchev–Trinajstić information content (AvgIpc) is 2.85. The number of hydrogen-bond donors (Lipinski definition) is 1. The minimum atomic E-state index is -0.168. The number of rotatable bonds is 3. The van der Waals surface area contributed by atoms with Crippen LogP contribution in [0.2, 0.25) is 0 Å². The van der Waals surface area contributed by atoms with Crippen LogP contribution in [0.25, 0.3) is 0 Å². The molecule has 2 aromatic rings. The van der Waals surface area contributed by atoms with Crippen molar-refractivity contribution in [3.8, 4) is 0 Å². The summed E-state index contributed by atoms with van der Waals surface area (Å²) in [5, 5.41) is 2.88. The van der Waals surface area contributed by atoms with Crippen molar-refractivity contribution in [3.05, 3.63) is 56.9 Å². The summed E-state index contributed by atoms with van der Waals surface area (Å²) in [6.45, 7) is 1.88. The van der Waals surface area contributed by atoms with Crippen LogP contribution in [0.15, 0.2) is 50.0 Å². The summed E-state index contributed by atoms with van der Waals surface area (Å²) < 4.78 is 6.87. The van der Waals surface area contributed by atoms with E-state index in [4.69, 9.17) is 4.42 Å². The van der Waals surface area contributed by atoms with E-state index in [9.17, 15) is 4.79 Å². The molecular formula is C13H11Br2NO2. The first kappa shape index (κ1) is 13.4. The number of furan rings is 1. The summed E-state index contributed by atoms with van der Waals surface area (Å²) in [6.07, 6.45) is 1.59. The van der Waals surface area contributed by atoms with Gasteiger partial charge in [-0.3, -0.25) is 4.79 Å². The molecule has 0 radical (unpaired) electrons. The van der Waals surface area contributed by atoms with Crippen molar-refractivity contribution in [1.29, 1.82) is 0 Å². The van der Waals surface area contributed by atoms with Gasteiger partial charge in [0, 0.05) is 8.95 Å². The molecule has 1 heterocycles. The van der Waals surface area contributed by atoms with E-state index in [0.29, 0.717) is 5.56 Å². The van der Waals surface area contributed by atoms with E-state index >= 15 is 0 Å². The summed E-state index contributed by atoms with van der Waals surface area (Å²) in [6, 6.07) is 8.94. The second kappa shape index (κ2) is 5.71. The van der Waals surface area contributed by atoms with Gasteiger partial charge in [0.05, 0.1) is 17.9 Å². The lowest BCUT2D eigenvalue weighted by Gasteiger charge is -2.12. The molecule has 2 rings (SSSR count). The third kappa shape index (κ3) is 3.03. The third-order valence-electron chi connectivity index (χ3n) is 2.49. The quantitative estimate of drug-likeness (QED) is 0.872. The van der Waals surface area contributed by atoms with Crippen LogP contribution in [0, 0.1) is 0 Å². The maximum Gasteiger partial charge on any atom is 0.253 e. The molecule has 0 saturated heterocycles. The van der Waals surface area contributed by atoms with Gasteiger partial charge in [-0.25, -0.2) is 0 Å². The first-order valence-corrected chi connectivity index (χ1v) is 6.96. The Labute approximate surface area is 122 Å². The highest BCUT2D eigenvalue weighted by molar-refractivity contribution is 9.11.